The van der Waals surface area contributed by atoms with Crippen molar-refractivity contribution < 1.29 is 9.90 Å². The number of rotatable bonds is 2. The van der Waals surface area contributed by atoms with E-state index in [0.717, 1.165) is 0 Å². The number of benzene rings is 1. The topological polar surface area (TPSA) is 37.3 Å². The predicted molar refractivity (Wildman–Crippen MR) is 52.5 cm³/mol. The van der Waals surface area contributed by atoms with Crippen LogP contribution in [-0.4, -0.2) is 16.3 Å². The van der Waals surface area contributed by atoms with Gasteiger partial charge in [-0.05, 0) is 19.9 Å². The summed E-state index contributed by atoms with van der Waals surface area (Å²) >= 11 is 5.66. The highest BCUT2D eigenvalue weighted by atomic mass is 35.5. The smallest absolute Gasteiger partial charge is 0.180 e. The van der Waals surface area contributed by atoms with E-state index in [4.69, 9.17) is 11.6 Å². The summed E-state index contributed by atoms with van der Waals surface area (Å²) in [6.07, 6.45) is 0. The average Bonchev–Trinajstić information content (AvgIpc) is 2.08. The van der Waals surface area contributed by atoms with E-state index >= 15 is 0 Å². The lowest BCUT2D eigenvalue weighted by atomic mass is 10.0. The van der Waals surface area contributed by atoms with Crippen LogP contribution in [0.4, 0.5) is 0 Å². The number of ketones is 1. The van der Waals surface area contributed by atoms with Gasteiger partial charge < -0.3 is 5.11 Å². The third-order valence-corrected chi connectivity index (χ3v) is 2.13. The zero-order valence-corrected chi connectivity index (χ0v) is 8.30. The van der Waals surface area contributed by atoms with Crippen LogP contribution in [0, 0.1) is 6.92 Å². The normalized spacial score (nSPS) is 12.5. The maximum Gasteiger partial charge on any atom is 0.180 e. The Morgan fingerprint density at radius 1 is 1.54 bits per heavy atom. The van der Waals surface area contributed by atoms with Crippen molar-refractivity contribution in [3.63, 3.8) is 0 Å². The van der Waals surface area contributed by atoms with E-state index in [9.17, 15) is 9.90 Å². The van der Waals surface area contributed by atoms with E-state index in [2.05, 4.69) is 0 Å². The first kappa shape index (κ1) is 10.1. The Morgan fingerprint density at radius 3 is 2.69 bits per heavy atom. The molecule has 1 unspecified atom stereocenters. The number of halogens is 1. The van der Waals surface area contributed by atoms with Crippen LogP contribution in [0.25, 0.3) is 0 Å². The average molecular weight is 199 g/mol. The summed E-state index contributed by atoms with van der Waals surface area (Å²) in [5, 5.41) is 8.78. The number of phenols is 1. The lowest BCUT2D eigenvalue weighted by molar-refractivity contribution is 0.0990. The van der Waals surface area contributed by atoms with E-state index < -0.39 is 5.38 Å². The Hall–Kier alpha value is -1.02. The molecule has 1 aromatic carbocycles. The monoisotopic (exact) mass is 198 g/mol. The molecule has 0 aromatic heterocycles. The molecule has 1 N–H and O–H groups in total. The predicted octanol–water partition coefficient (Wildman–Crippen LogP) is 2.51. The first-order valence-electron chi connectivity index (χ1n) is 4.01. The number of carbonyl (C=O) groups is 1. The number of aromatic hydroxyl groups is 1. The molecule has 3 heteroatoms. The maximum absolute atomic E-state index is 11.5. The summed E-state index contributed by atoms with van der Waals surface area (Å²) < 4.78 is 0. The highest BCUT2D eigenvalue weighted by molar-refractivity contribution is 6.33. The van der Waals surface area contributed by atoms with Crippen LogP contribution in [-0.2, 0) is 0 Å². The van der Waals surface area contributed by atoms with Crippen molar-refractivity contribution in [2.24, 2.45) is 0 Å². The fourth-order valence-electron chi connectivity index (χ4n) is 1.10. The SMILES string of the molecule is Cc1c(O)cccc1C(=O)C(C)Cl. The fourth-order valence-corrected chi connectivity index (χ4v) is 1.22. The summed E-state index contributed by atoms with van der Waals surface area (Å²) in [5.41, 5.74) is 1.07. The van der Waals surface area contributed by atoms with Gasteiger partial charge in [0.05, 0.1) is 5.38 Å². The molecule has 13 heavy (non-hydrogen) atoms. The van der Waals surface area contributed by atoms with Crippen molar-refractivity contribution in [3.05, 3.63) is 29.3 Å². The molecule has 1 atom stereocenters. The van der Waals surface area contributed by atoms with E-state index in [0.29, 0.717) is 11.1 Å². The van der Waals surface area contributed by atoms with Crippen LogP contribution in [0.1, 0.15) is 22.8 Å². The van der Waals surface area contributed by atoms with E-state index in [-0.39, 0.29) is 11.5 Å². The summed E-state index contributed by atoms with van der Waals surface area (Å²) in [4.78, 5) is 11.5. The highest BCUT2D eigenvalue weighted by Crippen LogP contribution is 2.21. The molecular weight excluding hydrogens is 188 g/mol. The molecule has 0 saturated carbocycles. The van der Waals surface area contributed by atoms with Crippen LogP contribution in [0.15, 0.2) is 18.2 Å². The van der Waals surface area contributed by atoms with E-state index in [1.54, 1.807) is 32.0 Å². The zero-order chi connectivity index (χ0) is 10.0. The lowest BCUT2D eigenvalue weighted by Crippen LogP contribution is -2.11. The third-order valence-electron chi connectivity index (χ3n) is 1.93. The van der Waals surface area contributed by atoms with E-state index in [1.807, 2.05) is 0 Å². The van der Waals surface area contributed by atoms with Crippen molar-refractivity contribution >= 4 is 17.4 Å². The Bertz CT molecular complexity index is 332. The first-order chi connectivity index (χ1) is 6.04. The number of hydrogen-bond donors (Lipinski definition) is 1. The van der Waals surface area contributed by atoms with Gasteiger partial charge in [-0.25, -0.2) is 0 Å². The van der Waals surface area contributed by atoms with Crippen LogP contribution < -0.4 is 0 Å². The zero-order valence-electron chi connectivity index (χ0n) is 7.54. The number of alkyl halides is 1. The van der Waals surface area contributed by atoms with Crippen molar-refractivity contribution in [3.8, 4) is 5.75 Å². The quantitative estimate of drug-likeness (QED) is 0.586. The molecule has 0 heterocycles. The molecule has 0 amide bonds. The minimum Gasteiger partial charge on any atom is -0.508 e. The highest BCUT2D eigenvalue weighted by Gasteiger charge is 2.15. The van der Waals surface area contributed by atoms with Gasteiger partial charge in [0.2, 0.25) is 0 Å². The lowest BCUT2D eigenvalue weighted by Gasteiger charge is -2.07. The van der Waals surface area contributed by atoms with Crippen LogP contribution in [0.2, 0.25) is 0 Å². The van der Waals surface area contributed by atoms with Gasteiger partial charge in [0, 0.05) is 11.1 Å². The third kappa shape index (κ3) is 2.01. The van der Waals surface area contributed by atoms with E-state index in [1.165, 1.54) is 0 Å². The van der Waals surface area contributed by atoms with Crippen molar-refractivity contribution in [1.29, 1.82) is 0 Å². The summed E-state index contributed by atoms with van der Waals surface area (Å²) in [7, 11) is 0. The van der Waals surface area contributed by atoms with Gasteiger partial charge in [-0.1, -0.05) is 12.1 Å². The second kappa shape index (κ2) is 3.79. The van der Waals surface area contributed by atoms with Gasteiger partial charge in [0.15, 0.2) is 5.78 Å². The summed E-state index contributed by atoms with van der Waals surface area (Å²) in [5.74, 6) is -0.0294. The summed E-state index contributed by atoms with van der Waals surface area (Å²) in [6.45, 7) is 3.31. The number of phenolic OH excluding ortho intramolecular Hbond substituents is 1. The Balaban J connectivity index is 3.15. The Labute approximate surface area is 82.2 Å². The largest absolute Gasteiger partial charge is 0.508 e. The van der Waals surface area contributed by atoms with Crippen LogP contribution in [0.3, 0.4) is 0 Å². The van der Waals surface area contributed by atoms with Gasteiger partial charge in [-0.15, -0.1) is 11.6 Å². The number of carbonyl (C=O) groups excluding carboxylic acids is 1. The molecular formula is C10H11ClO2. The van der Waals surface area contributed by atoms with Crippen LogP contribution >= 0.6 is 11.6 Å². The van der Waals surface area contributed by atoms with Gasteiger partial charge in [0.1, 0.15) is 5.75 Å². The maximum atomic E-state index is 11.5. The van der Waals surface area contributed by atoms with Gasteiger partial charge in [0.25, 0.3) is 0 Å². The number of hydrogen-bond acceptors (Lipinski definition) is 2. The second-order valence-corrected chi connectivity index (χ2v) is 3.58. The van der Waals surface area contributed by atoms with Crippen molar-refractivity contribution in [1.82, 2.24) is 0 Å². The fraction of sp³-hybridized carbons (Fsp3) is 0.300. The second-order valence-electron chi connectivity index (χ2n) is 2.93. The minimum atomic E-state index is -0.555. The molecule has 0 bridgehead atoms. The minimum absolute atomic E-state index is 0.128. The molecule has 0 aliphatic heterocycles. The van der Waals surface area contributed by atoms with Gasteiger partial charge >= 0.3 is 0 Å². The van der Waals surface area contributed by atoms with Crippen molar-refractivity contribution in [2.75, 3.05) is 0 Å². The standard InChI is InChI=1S/C10H11ClO2/c1-6-8(10(13)7(2)11)4-3-5-9(6)12/h3-5,7,12H,1-2H3. The molecule has 0 radical (unpaired) electrons. The Morgan fingerprint density at radius 2 is 2.15 bits per heavy atom. The van der Waals surface area contributed by atoms with Gasteiger partial charge in [-0.2, -0.15) is 0 Å². The van der Waals surface area contributed by atoms with Gasteiger partial charge in [-0.3, -0.25) is 4.79 Å². The molecule has 70 valence electrons. The molecule has 0 aliphatic rings. The molecule has 0 saturated heterocycles. The summed E-state index contributed by atoms with van der Waals surface area (Å²) in [6, 6.07) is 4.84. The molecule has 0 fully saturated rings. The van der Waals surface area contributed by atoms with Crippen LogP contribution in [0.5, 0.6) is 5.75 Å². The molecule has 1 aromatic rings. The Kier molecular flexibility index (Phi) is 2.94. The van der Waals surface area contributed by atoms with Crippen molar-refractivity contribution in [2.45, 2.75) is 19.2 Å². The molecule has 0 spiro atoms. The number of Topliss-reactive ketones (excluding diaryl/α,β-unsaturated/α-hetero) is 1. The molecule has 0 aliphatic carbocycles. The first-order valence-corrected chi connectivity index (χ1v) is 4.44. The molecule has 1 rings (SSSR count). The molecule has 2 nitrogen and oxygen atoms in total.